The summed E-state index contributed by atoms with van der Waals surface area (Å²) in [4.78, 5) is 28.2. The normalized spacial score (nSPS) is 21.3. The molecule has 3 rings (SSSR count). The van der Waals surface area contributed by atoms with Crippen molar-refractivity contribution >= 4 is 11.8 Å². The van der Waals surface area contributed by atoms with Crippen LogP contribution in [0.15, 0.2) is 24.3 Å². The minimum absolute atomic E-state index is 0.0705. The third-order valence-electron chi connectivity index (χ3n) is 4.69. The Balaban J connectivity index is 1.39. The van der Waals surface area contributed by atoms with E-state index in [0.29, 0.717) is 38.3 Å². The number of amides is 2. The largest absolute Gasteiger partial charge is 0.368 e. The number of hydrogen-bond donors (Lipinski definition) is 1. The summed E-state index contributed by atoms with van der Waals surface area (Å²) in [5.41, 5.74) is 0.475. The van der Waals surface area contributed by atoms with E-state index in [1.54, 1.807) is 18.2 Å². The summed E-state index contributed by atoms with van der Waals surface area (Å²) in [5, 5.41) is 2.74. The van der Waals surface area contributed by atoms with Crippen LogP contribution in [-0.2, 0) is 20.9 Å². The minimum Gasteiger partial charge on any atom is -0.368 e. The van der Waals surface area contributed by atoms with Gasteiger partial charge in [0.05, 0.1) is 6.54 Å². The van der Waals surface area contributed by atoms with Crippen LogP contribution < -0.4 is 5.32 Å². The van der Waals surface area contributed by atoms with E-state index < -0.39 is 0 Å². The molecule has 2 aliphatic rings. The standard InChI is InChI=1S/C18H24FN3O3/c19-15-5-2-1-4-14(15)12-20-17(23)13-21-7-9-22(10-8-21)18(24)16-6-3-11-25-16/h1-2,4-5,16H,3,6-13H2,(H,20,23)/t16-/m1/s1. The Morgan fingerprint density at radius 2 is 1.96 bits per heavy atom. The van der Waals surface area contributed by atoms with E-state index in [1.807, 2.05) is 9.80 Å². The summed E-state index contributed by atoms with van der Waals surface area (Å²) >= 11 is 0. The van der Waals surface area contributed by atoms with Crippen LogP contribution in [0.25, 0.3) is 0 Å². The molecule has 0 bridgehead atoms. The second-order valence-corrected chi connectivity index (χ2v) is 6.47. The third kappa shape index (κ3) is 4.76. The number of piperazine rings is 1. The number of benzene rings is 1. The first-order chi connectivity index (χ1) is 12.1. The SMILES string of the molecule is O=C(CN1CCN(C(=O)[C@H]2CCCO2)CC1)NCc1ccccc1F. The molecule has 0 aliphatic carbocycles. The average molecular weight is 349 g/mol. The molecule has 2 saturated heterocycles. The van der Waals surface area contributed by atoms with Crippen LogP contribution in [0.1, 0.15) is 18.4 Å². The fourth-order valence-electron chi connectivity index (χ4n) is 3.20. The fourth-order valence-corrected chi connectivity index (χ4v) is 3.20. The van der Waals surface area contributed by atoms with Gasteiger partial charge >= 0.3 is 0 Å². The van der Waals surface area contributed by atoms with Gasteiger partial charge in [-0.1, -0.05) is 18.2 Å². The predicted octanol–water partition coefficient (Wildman–Crippen LogP) is 0.765. The van der Waals surface area contributed by atoms with Crippen LogP contribution in [0.3, 0.4) is 0 Å². The molecule has 1 N–H and O–H groups in total. The molecular weight excluding hydrogens is 325 g/mol. The molecule has 0 unspecified atom stereocenters. The molecule has 0 aromatic heterocycles. The topological polar surface area (TPSA) is 61.9 Å². The van der Waals surface area contributed by atoms with Crippen molar-refractivity contribution in [3.8, 4) is 0 Å². The van der Waals surface area contributed by atoms with Gasteiger partial charge in [0.2, 0.25) is 5.91 Å². The van der Waals surface area contributed by atoms with Crippen molar-refractivity contribution in [3.05, 3.63) is 35.6 Å². The number of ether oxygens (including phenoxy) is 1. The molecule has 1 aromatic rings. The Morgan fingerprint density at radius 3 is 2.64 bits per heavy atom. The summed E-state index contributed by atoms with van der Waals surface area (Å²) in [6.45, 7) is 3.65. The first-order valence-corrected chi connectivity index (χ1v) is 8.76. The van der Waals surface area contributed by atoms with E-state index in [4.69, 9.17) is 4.74 Å². The summed E-state index contributed by atoms with van der Waals surface area (Å²) in [6.07, 6.45) is 1.46. The maximum Gasteiger partial charge on any atom is 0.251 e. The quantitative estimate of drug-likeness (QED) is 0.853. The summed E-state index contributed by atoms with van der Waals surface area (Å²) in [7, 11) is 0. The van der Waals surface area contributed by atoms with Gasteiger partial charge in [-0.25, -0.2) is 4.39 Å². The lowest BCUT2D eigenvalue weighted by Crippen LogP contribution is -2.53. The Labute approximate surface area is 146 Å². The maximum atomic E-state index is 13.5. The lowest BCUT2D eigenvalue weighted by molar-refractivity contribution is -0.142. The molecule has 0 saturated carbocycles. The Bertz CT molecular complexity index is 611. The highest BCUT2D eigenvalue weighted by Crippen LogP contribution is 2.16. The van der Waals surface area contributed by atoms with Gasteiger partial charge < -0.3 is 15.0 Å². The van der Waals surface area contributed by atoms with E-state index in [0.717, 1.165) is 12.8 Å². The predicted molar refractivity (Wildman–Crippen MR) is 90.2 cm³/mol. The van der Waals surface area contributed by atoms with Gasteiger partial charge in [-0.3, -0.25) is 14.5 Å². The summed E-state index contributed by atoms with van der Waals surface area (Å²) in [5.74, 6) is -0.382. The minimum atomic E-state index is -0.316. The van der Waals surface area contributed by atoms with E-state index in [-0.39, 0.29) is 36.8 Å². The van der Waals surface area contributed by atoms with Gasteiger partial charge in [-0.05, 0) is 18.9 Å². The number of carbonyl (C=O) groups excluding carboxylic acids is 2. The fraction of sp³-hybridized carbons (Fsp3) is 0.556. The lowest BCUT2D eigenvalue weighted by atomic mass is 10.2. The molecular formula is C18H24FN3O3. The van der Waals surface area contributed by atoms with Crippen molar-refractivity contribution in [2.24, 2.45) is 0 Å². The zero-order chi connectivity index (χ0) is 17.6. The Kier molecular flexibility index (Phi) is 5.99. The van der Waals surface area contributed by atoms with Crippen LogP contribution >= 0.6 is 0 Å². The van der Waals surface area contributed by atoms with Crippen molar-refractivity contribution in [3.63, 3.8) is 0 Å². The van der Waals surface area contributed by atoms with Crippen molar-refractivity contribution in [1.82, 2.24) is 15.1 Å². The molecule has 2 fully saturated rings. The Hall–Kier alpha value is -1.99. The average Bonchev–Trinajstić information content (AvgIpc) is 3.16. The van der Waals surface area contributed by atoms with Crippen molar-refractivity contribution in [2.45, 2.75) is 25.5 Å². The van der Waals surface area contributed by atoms with E-state index in [1.165, 1.54) is 6.07 Å². The van der Waals surface area contributed by atoms with Gasteiger partial charge in [0, 0.05) is 44.9 Å². The number of nitrogens with zero attached hydrogens (tertiary/aromatic N) is 2. The number of nitrogens with one attached hydrogen (secondary N) is 1. The second kappa shape index (κ2) is 8.40. The molecule has 6 nitrogen and oxygen atoms in total. The highest BCUT2D eigenvalue weighted by Gasteiger charge is 2.30. The first kappa shape index (κ1) is 17.8. The summed E-state index contributed by atoms with van der Waals surface area (Å²) in [6, 6.07) is 6.41. The van der Waals surface area contributed by atoms with Crippen LogP contribution in [0.5, 0.6) is 0 Å². The van der Waals surface area contributed by atoms with Crippen LogP contribution in [0, 0.1) is 5.82 Å². The van der Waals surface area contributed by atoms with Gasteiger partial charge in [0.1, 0.15) is 11.9 Å². The van der Waals surface area contributed by atoms with E-state index in [9.17, 15) is 14.0 Å². The highest BCUT2D eigenvalue weighted by molar-refractivity contribution is 5.81. The van der Waals surface area contributed by atoms with E-state index in [2.05, 4.69) is 5.32 Å². The van der Waals surface area contributed by atoms with Gasteiger partial charge in [-0.2, -0.15) is 0 Å². The third-order valence-corrected chi connectivity index (χ3v) is 4.69. The molecule has 1 aromatic carbocycles. The van der Waals surface area contributed by atoms with E-state index >= 15 is 0 Å². The number of carbonyl (C=O) groups is 2. The molecule has 2 amide bonds. The molecule has 136 valence electrons. The number of hydrogen-bond acceptors (Lipinski definition) is 4. The van der Waals surface area contributed by atoms with Crippen molar-refractivity contribution in [1.29, 1.82) is 0 Å². The molecule has 2 aliphatic heterocycles. The molecule has 0 radical (unpaired) electrons. The lowest BCUT2D eigenvalue weighted by Gasteiger charge is -2.35. The summed E-state index contributed by atoms with van der Waals surface area (Å²) < 4.78 is 19.0. The van der Waals surface area contributed by atoms with Crippen LogP contribution in [0.2, 0.25) is 0 Å². The zero-order valence-corrected chi connectivity index (χ0v) is 14.2. The Morgan fingerprint density at radius 1 is 1.20 bits per heavy atom. The second-order valence-electron chi connectivity index (χ2n) is 6.47. The van der Waals surface area contributed by atoms with Crippen LogP contribution in [-0.4, -0.2) is 67.0 Å². The monoisotopic (exact) mass is 349 g/mol. The zero-order valence-electron chi connectivity index (χ0n) is 14.2. The number of rotatable bonds is 5. The molecule has 0 spiro atoms. The first-order valence-electron chi connectivity index (χ1n) is 8.76. The maximum absolute atomic E-state index is 13.5. The van der Waals surface area contributed by atoms with Gasteiger partial charge in [0.15, 0.2) is 0 Å². The highest BCUT2D eigenvalue weighted by atomic mass is 19.1. The number of halogens is 1. The molecule has 1 atom stereocenters. The van der Waals surface area contributed by atoms with Crippen molar-refractivity contribution < 1.29 is 18.7 Å². The van der Waals surface area contributed by atoms with Gasteiger partial charge in [0.25, 0.3) is 5.91 Å². The molecule has 7 heteroatoms. The van der Waals surface area contributed by atoms with Gasteiger partial charge in [-0.15, -0.1) is 0 Å². The van der Waals surface area contributed by atoms with Crippen molar-refractivity contribution in [2.75, 3.05) is 39.3 Å². The molecule has 25 heavy (non-hydrogen) atoms. The molecule has 2 heterocycles. The smallest absolute Gasteiger partial charge is 0.251 e. The van der Waals surface area contributed by atoms with Crippen LogP contribution in [0.4, 0.5) is 4.39 Å².